The summed E-state index contributed by atoms with van der Waals surface area (Å²) >= 11 is 0. The first kappa shape index (κ1) is 19.3. The van der Waals surface area contributed by atoms with Crippen LogP contribution >= 0.6 is 0 Å². The second-order valence-corrected chi connectivity index (χ2v) is 9.58. The quantitative estimate of drug-likeness (QED) is 0.646. The number of sulfonamides is 1. The Bertz CT molecular complexity index is 721. The van der Waals surface area contributed by atoms with Gasteiger partial charge in [-0.2, -0.15) is 0 Å². The number of benzene rings is 1. The number of rotatable bonds is 8. The maximum Gasteiger partial charge on any atom is 0.240 e. The van der Waals surface area contributed by atoms with E-state index in [-0.39, 0.29) is 16.2 Å². The number of amides is 1. The highest BCUT2D eigenvalue weighted by molar-refractivity contribution is 7.89. The summed E-state index contributed by atoms with van der Waals surface area (Å²) in [5.74, 6) is 0.429. The monoisotopic (exact) mass is 379 g/mol. The molecule has 0 radical (unpaired) electrons. The molecule has 0 bridgehead atoms. The molecule has 0 aliphatic heterocycles. The smallest absolute Gasteiger partial charge is 0.240 e. The molecule has 0 aromatic heterocycles. The molecule has 2 fully saturated rings. The minimum absolute atomic E-state index is 0.0557. The molecule has 26 heavy (non-hydrogen) atoms. The molecule has 0 heterocycles. The fourth-order valence-corrected chi connectivity index (χ4v) is 4.77. The Morgan fingerprint density at radius 3 is 2.35 bits per heavy atom. The van der Waals surface area contributed by atoms with Gasteiger partial charge in [0.05, 0.1) is 4.90 Å². The van der Waals surface area contributed by atoms with Crippen LogP contribution in [0.25, 0.3) is 0 Å². The molecule has 1 aromatic rings. The van der Waals surface area contributed by atoms with Crippen LogP contribution in [0, 0.1) is 11.3 Å². The van der Waals surface area contributed by atoms with Crippen molar-refractivity contribution in [2.45, 2.75) is 56.3 Å². The van der Waals surface area contributed by atoms with Gasteiger partial charge in [0.15, 0.2) is 0 Å². The Balaban J connectivity index is 1.57. The third kappa shape index (κ3) is 5.05. The third-order valence-corrected chi connectivity index (χ3v) is 7.03. The van der Waals surface area contributed by atoms with E-state index in [9.17, 15) is 13.2 Å². The Kier molecular flexibility index (Phi) is 5.99. The van der Waals surface area contributed by atoms with E-state index < -0.39 is 10.0 Å². The van der Waals surface area contributed by atoms with Crippen molar-refractivity contribution in [2.75, 3.05) is 18.4 Å². The summed E-state index contributed by atoms with van der Waals surface area (Å²) < 4.78 is 27.1. The van der Waals surface area contributed by atoms with Crippen LogP contribution in [-0.4, -0.2) is 27.4 Å². The first-order chi connectivity index (χ1) is 12.4. The molecule has 0 spiro atoms. The van der Waals surface area contributed by atoms with Crippen molar-refractivity contribution >= 4 is 21.6 Å². The van der Waals surface area contributed by atoms with E-state index in [1.54, 1.807) is 12.1 Å². The van der Waals surface area contributed by atoms with Crippen molar-refractivity contribution in [3.05, 3.63) is 24.3 Å². The van der Waals surface area contributed by atoms with E-state index in [2.05, 4.69) is 10.0 Å². The highest BCUT2D eigenvalue weighted by Gasteiger charge is 2.33. The van der Waals surface area contributed by atoms with E-state index in [1.807, 2.05) is 0 Å². The summed E-state index contributed by atoms with van der Waals surface area (Å²) in [6, 6.07) is 6.34. The molecule has 3 rings (SSSR count). The topological polar surface area (TPSA) is 101 Å². The molecule has 144 valence electrons. The number of nitrogens with one attached hydrogen (secondary N) is 2. The molecule has 6 nitrogen and oxygen atoms in total. The zero-order chi connectivity index (χ0) is 18.6. The standard InChI is InChI=1S/C19H29N3O3S/c20-14-19(10-2-1-3-11-19)12-18(23)22-16-6-8-17(9-7-16)26(24,25)21-13-15-4-5-15/h6-9,15,21H,1-5,10-14,20H2,(H,22,23). The SMILES string of the molecule is NCC1(CC(=O)Nc2ccc(S(=O)(=O)NCC3CC3)cc2)CCCCC1. The fraction of sp³-hybridized carbons (Fsp3) is 0.632. The fourth-order valence-electron chi connectivity index (χ4n) is 3.65. The number of nitrogens with two attached hydrogens (primary N) is 1. The van der Waals surface area contributed by atoms with E-state index in [1.165, 1.54) is 18.6 Å². The van der Waals surface area contributed by atoms with Crippen LogP contribution in [0.3, 0.4) is 0 Å². The van der Waals surface area contributed by atoms with Gasteiger partial charge < -0.3 is 11.1 Å². The highest BCUT2D eigenvalue weighted by atomic mass is 32.2. The third-order valence-electron chi connectivity index (χ3n) is 5.59. The van der Waals surface area contributed by atoms with Crippen LogP contribution in [0.1, 0.15) is 51.4 Å². The Morgan fingerprint density at radius 1 is 1.12 bits per heavy atom. The molecule has 0 saturated heterocycles. The van der Waals surface area contributed by atoms with E-state index in [0.29, 0.717) is 31.1 Å². The van der Waals surface area contributed by atoms with Gasteiger partial charge in [-0.3, -0.25) is 4.79 Å². The first-order valence-electron chi connectivity index (χ1n) is 9.52. The average molecular weight is 380 g/mol. The predicted octanol–water partition coefficient (Wildman–Crippen LogP) is 2.61. The maximum atomic E-state index is 12.4. The Labute approximate surface area is 156 Å². The second-order valence-electron chi connectivity index (χ2n) is 7.81. The Morgan fingerprint density at radius 2 is 1.77 bits per heavy atom. The maximum absolute atomic E-state index is 12.4. The molecular weight excluding hydrogens is 350 g/mol. The first-order valence-corrected chi connectivity index (χ1v) is 11.0. The number of hydrogen-bond donors (Lipinski definition) is 3. The molecule has 0 unspecified atom stereocenters. The van der Waals surface area contributed by atoms with Crippen LogP contribution in [0.4, 0.5) is 5.69 Å². The van der Waals surface area contributed by atoms with Crippen molar-refractivity contribution in [1.82, 2.24) is 4.72 Å². The minimum atomic E-state index is -3.48. The Hall–Kier alpha value is -1.44. The van der Waals surface area contributed by atoms with E-state index >= 15 is 0 Å². The van der Waals surface area contributed by atoms with Gasteiger partial charge in [0.25, 0.3) is 0 Å². The average Bonchev–Trinajstić information content (AvgIpc) is 3.46. The summed E-state index contributed by atoms with van der Waals surface area (Å²) in [6.07, 6.45) is 8.09. The zero-order valence-corrected chi connectivity index (χ0v) is 16.0. The van der Waals surface area contributed by atoms with Gasteiger partial charge in [-0.05, 0) is 67.8 Å². The summed E-state index contributed by atoms with van der Waals surface area (Å²) in [5.41, 5.74) is 6.47. The number of carbonyl (C=O) groups is 1. The predicted molar refractivity (Wildman–Crippen MR) is 102 cm³/mol. The number of hydrogen-bond acceptors (Lipinski definition) is 4. The van der Waals surface area contributed by atoms with Gasteiger partial charge in [0, 0.05) is 18.7 Å². The molecule has 7 heteroatoms. The largest absolute Gasteiger partial charge is 0.330 e. The molecular formula is C19H29N3O3S. The highest BCUT2D eigenvalue weighted by Crippen LogP contribution is 2.38. The van der Waals surface area contributed by atoms with Gasteiger partial charge in [0.2, 0.25) is 15.9 Å². The molecule has 1 amide bonds. The molecule has 4 N–H and O–H groups in total. The summed E-state index contributed by atoms with van der Waals surface area (Å²) in [5, 5.41) is 2.88. The van der Waals surface area contributed by atoms with E-state index in [0.717, 1.165) is 38.5 Å². The van der Waals surface area contributed by atoms with Crippen LogP contribution in [0.15, 0.2) is 29.2 Å². The lowest BCUT2D eigenvalue weighted by molar-refractivity contribution is -0.118. The van der Waals surface area contributed by atoms with Gasteiger partial charge in [-0.1, -0.05) is 19.3 Å². The summed E-state index contributed by atoms with van der Waals surface area (Å²) in [7, 11) is -3.48. The summed E-state index contributed by atoms with van der Waals surface area (Å²) in [6.45, 7) is 1.03. The van der Waals surface area contributed by atoms with Crippen LogP contribution < -0.4 is 15.8 Å². The van der Waals surface area contributed by atoms with Crippen molar-refractivity contribution in [2.24, 2.45) is 17.1 Å². The second kappa shape index (κ2) is 8.06. The van der Waals surface area contributed by atoms with Crippen LogP contribution in [0.5, 0.6) is 0 Å². The molecule has 2 aliphatic carbocycles. The molecule has 1 aromatic carbocycles. The van der Waals surface area contributed by atoms with Crippen molar-refractivity contribution < 1.29 is 13.2 Å². The minimum Gasteiger partial charge on any atom is -0.330 e. The van der Waals surface area contributed by atoms with Gasteiger partial charge in [-0.25, -0.2) is 13.1 Å². The normalized spacial score (nSPS) is 19.9. The zero-order valence-electron chi connectivity index (χ0n) is 15.2. The van der Waals surface area contributed by atoms with Crippen molar-refractivity contribution in [3.8, 4) is 0 Å². The van der Waals surface area contributed by atoms with Gasteiger partial charge in [0.1, 0.15) is 0 Å². The number of anilines is 1. The summed E-state index contributed by atoms with van der Waals surface area (Å²) in [4.78, 5) is 12.6. The molecule has 2 aliphatic rings. The number of carbonyl (C=O) groups excluding carboxylic acids is 1. The van der Waals surface area contributed by atoms with Crippen molar-refractivity contribution in [3.63, 3.8) is 0 Å². The molecule has 2 saturated carbocycles. The van der Waals surface area contributed by atoms with Crippen LogP contribution in [0.2, 0.25) is 0 Å². The van der Waals surface area contributed by atoms with Gasteiger partial charge in [-0.15, -0.1) is 0 Å². The van der Waals surface area contributed by atoms with Crippen LogP contribution in [-0.2, 0) is 14.8 Å². The van der Waals surface area contributed by atoms with Crippen molar-refractivity contribution in [1.29, 1.82) is 0 Å². The van der Waals surface area contributed by atoms with Gasteiger partial charge >= 0.3 is 0 Å². The lowest BCUT2D eigenvalue weighted by Gasteiger charge is -2.35. The lowest BCUT2D eigenvalue weighted by atomic mass is 9.71. The lowest BCUT2D eigenvalue weighted by Crippen LogP contribution is -2.36. The molecule has 0 atom stereocenters. The van der Waals surface area contributed by atoms with E-state index in [4.69, 9.17) is 5.73 Å².